The maximum absolute atomic E-state index is 12.3. The molecule has 2 aliphatic carbocycles. The lowest BCUT2D eigenvalue weighted by molar-refractivity contribution is -0.156. The third-order valence-corrected chi connectivity index (χ3v) is 6.37. The molecule has 3 rings (SSSR count). The Bertz CT molecular complexity index is 689. The van der Waals surface area contributed by atoms with Crippen LogP contribution in [0.5, 0.6) is 11.5 Å². The van der Waals surface area contributed by atoms with Crippen LogP contribution in [0.4, 0.5) is 0 Å². The highest BCUT2D eigenvalue weighted by molar-refractivity contribution is 5.70. The molecule has 0 aliphatic heterocycles. The fraction of sp³-hybridized carbons (Fsp3) is 0.708. The van der Waals surface area contributed by atoms with E-state index in [1.54, 1.807) is 14.2 Å². The summed E-state index contributed by atoms with van der Waals surface area (Å²) in [5, 5.41) is 0. The fourth-order valence-electron chi connectivity index (χ4n) is 5.09. The van der Waals surface area contributed by atoms with Crippen molar-refractivity contribution in [1.29, 1.82) is 0 Å². The van der Waals surface area contributed by atoms with Gasteiger partial charge in [0, 0.05) is 12.0 Å². The minimum atomic E-state index is -0.392. The molecule has 1 aromatic carbocycles. The van der Waals surface area contributed by atoms with Crippen LogP contribution in [-0.2, 0) is 22.4 Å². The molecule has 0 bridgehead atoms. The number of carbonyl (C=O) groups is 1. The predicted molar refractivity (Wildman–Crippen MR) is 111 cm³/mol. The first-order chi connectivity index (χ1) is 13.3. The molecule has 0 heterocycles. The van der Waals surface area contributed by atoms with E-state index in [0.717, 1.165) is 37.2 Å². The average Bonchev–Trinajstić information content (AvgIpc) is 2.61. The molecule has 2 aliphatic rings. The SMILES string of the molecule is COc1ccc2c(c1OC)CC1CCCC(CC(=O)OC(C)(C)C)CCC1C2. The van der Waals surface area contributed by atoms with Crippen LogP contribution in [0.15, 0.2) is 12.1 Å². The zero-order valence-corrected chi connectivity index (χ0v) is 18.2. The summed E-state index contributed by atoms with van der Waals surface area (Å²) in [5.74, 6) is 3.58. The van der Waals surface area contributed by atoms with Crippen molar-refractivity contribution in [2.45, 2.75) is 77.7 Å². The maximum Gasteiger partial charge on any atom is 0.306 e. The first-order valence-corrected chi connectivity index (χ1v) is 10.7. The maximum atomic E-state index is 12.3. The van der Waals surface area contributed by atoms with E-state index in [0.29, 0.717) is 24.2 Å². The Balaban J connectivity index is 1.66. The number of rotatable bonds is 4. The molecular weight excluding hydrogens is 352 g/mol. The summed E-state index contributed by atoms with van der Waals surface area (Å²) in [6.45, 7) is 5.82. The van der Waals surface area contributed by atoms with Gasteiger partial charge in [-0.05, 0) is 88.7 Å². The van der Waals surface area contributed by atoms with Gasteiger partial charge in [-0.25, -0.2) is 0 Å². The highest BCUT2D eigenvalue weighted by Crippen LogP contribution is 2.45. The van der Waals surface area contributed by atoms with Crippen LogP contribution >= 0.6 is 0 Å². The lowest BCUT2D eigenvalue weighted by Gasteiger charge is -2.37. The minimum absolute atomic E-state index is 0.0413. The number of benzene rings is 1. The Hall–Kier alpha value is -1.71. The van der Waals surface area contributed by atoms with Gasteiger partial charge in [0.05, 0.1) is 14.2 Å². The van der Waals surface area contributed by atoms with Crippen molar-refractivity contribution in [1.82, 2.24) is 0 Å². The van der Waals surface area contributed by atoms with Gasteiger partial charge in [0.25, 0.3) is 0 Å². The molecule has 156 valence electrons. The molecule has 1 saturated carbocycles. The van der Waals surface area contributed by atoms with Gasteiger partial charge >= 0.3 is 5.97 Å². The number of esters is 1. The van der Waals surface area contributed by atoms with Crippen LogP contribution in [0.1, 0.15) is 70.4 Å². The van der Waals surface area contributed by atoms with Crippen molar-refractivity contribution in [3.05, 3.63) is 23.3 Å². The van der Waals surface area contributed by atoms with Crippen LogP contribution in [0.3, 0.4) is 0 Å². The van der Waals surface area contributed by atoms with E-state index < -0.39 is 5.60 Å². The quantitative estimate of drug-likeness (QED) is 0.653. The molecule has 4 heteroatoms. The molecule has 0 saturated heterocycles. The smallest absolute Gasteiger partial charge is 0.306 e. The largest absolute Gasteiger partial charge is 0.493 e. The van der Waals surface area contributed by atoms with Crippen molar-refractivity contribution in [2.24, 2.45) is 17.8 Å². The molecule has 3 unspecified atom stereocenters. The van der Waals surface area contributed by atoms with Crippen molar-refractivity contribution < 1.29 is 19.0 Å². The molecule has 0 spiro atoms. The average molecular weight is 389 g/mol. The number of methoxy groups -OCH3 is 2. The highest BCUT2D eigenvalue weighted by atomic mass is 16.6. The highest BCUT2D eigenvalue weighted by Gasteiger charge is 2.33. The van der Waals surface area contributed by atoms with Crippen LogP contribution in [0.25, 0.3) is 0 Å². The summed E-state index contributed by atoms with van der Waals surface area (Å²) >= 11 is 0. The van der Waals surface area contributed by atoms with Gasteiger partial charge in [-0.1, -0.05) is 12.5 Å². The van der Waals surface area contributed by atoms with Gasteiger partial charge in [0.2, 0.25) is 0 Å². The van der Waals surface area contributed by atoms with E-state index in [9.17, 15) is 4.79 Å². The number of hydrogen-bond acceptors (Lipinski definition) is 4. The zero-order valence-electron chi connectivity index (χ0n) is 18.2. The van der Waals surface area contributed by atoms with Gasteiger partial charge in [-0.2, -0.15) is 0 Å². The Morgan fingerprint density at radius 3 is 2.43 bits per heavy atom. The number of fused-ring (bicyclic) bond motifs is 2. The van der Waals surface area contributed by atoms with Crippen molar-refractivity contribution in [2.75, 3.05) is 14.2 Å². The Kier molecular flexibility index (Phi) is 6.57. The van der Waals surface area contributed by atoms with Crippen molar-refractivity contribution in [3.8, 4) is 11.5 Å². The summed E-state index contributed by atoms with van der Waals surface area (Å²) in [5.41, 5.74) is 2.36. The second-order valence-electron chi connectivity index (χ2n) is 9.53. The topological polar surface area (TPSA) is 44.8 Å². The summed E-state index contributed by atoms with van der Waals surface area (Å²) in [7, 11) is 3.44. The summed E-state index contributed by atoms with van der Waals surface area (Å²) in [4.78, 5) is 12.3. The van der Waals surface area contributed by atoms with Gasteiger partial charge in [-0.3, -0.25) is 4.79 Å². The molecule has 1 fully saturated rings. The molecule has 0 radical (unpaired) electrons. The van der Waals surface area contributed by atoms with Crippen LogP contribution in [0.2, 0.25) is 0 Å². The zero-order chi connectivity index (χ0) is 20.3. The normalized spacial score (nSPS) is 25.0. The second kappa shape index (κ2) is 8.75. The lowest BCUT2D eigenvalue weighted by Crippen LogP contribution is -2.29. The van der Waals surface area contributed by atoms with E-state index in [1.165, 1.54) is 30.4 Å². The van der Waals surface area contributed by atoms with E-state index in [-0.39, 0.29) is 5.97 Å². The third kappa shape index (κ3) is 5.01. The van der Waals surface area contributed by atoms with E-state index in [2.05, 4.69) is 6.07 Å². The first kappa shape index (κ1) is 21.0. The van der Waals surface area contributed by atoms with Gasteiger partial charge < -0.3 is 14.2 Å². The Labute approximate surface area is 169 Å². The van der Waals surface area contributed by atoms with Gasteiger partial charge in [0.1, 0.15) is 5.60 Å². The van der Waals surface area contributed by atoms with Gasteiger partial charge in [0.15, 0.2) is 11.5 Å². The minimum Gasteiger partial charge on any atom is -0.493 e. The second-order valence-corrected chi connectivity index (χ2v) is 9.53. The van der Waals surface area contributed by atoms with Crippen LogP contribution in [-0.4, -0.2) is 25.8 Å². The monoisotopic (exact) mass is 388 g/mol. The molecule has 4 nitrogen and oxygen atoms in total. The standard InChI is InChI=1S/C24H36O4/c1-24(2,3)28-22(25)13-16-7-6-8-17-15-20-19(14-18(17)10-9-16)11-12-21(26-4)23(20)27-5/h11-12,16-18H,6-10,13-15H2,1-5H3. The third-order valence-electron chi connectivity index (χ3n) is 6.37. The van der Waals surface area contributed by atoms with Gasteiger partial charge in [-0.15, -0.1) is 0 Å². The Morgan fingerprint density at radius 2 is 1.75 bits per heavy atom. The summed E-state index contributed by atoms with van der Waals surface area (Å²) < 4.78 is 16.7. The molecule has 0 amide bonds. The molecule has 0 N–H and O–H groups in total. The van der Waals surface area contributed by atoms with E-state index in [4.69, 9.17) is 14.2 Å². The molecular formula is C24H36O4. The van der Waals surface area contributed by atoms with Crippen molar-refractivity contribution >= 4 is 5.97 Å². The lowest BCUT2D eigenvalue weighted by atomic mass is 9.69. The van der Waals surface area contributed by atoms with Crippen LogP contribution in [0, 0.1) is 17.8 Å². The number of hydrogen-bond donors (Lipinski definition) is 0. The predicted octanol–water partition coefficient (Wildman–Crippen LogP) is 5.35. The number of carbonyl (C=O) groups excluding carboxylic acids is 1. The van der Waals surface area contributed by atoms with Crippen LogP contribution < -0.4 is 9.47 Å². The molecule has 3 atom stereocenters. The number of ether oxygens (including phenoxy) is 3. The molecule has 1 aromatic rings. The fourth-order valence-corrected chi connectivity index (χ4v) is 5.09. The first-order valence-electron chi connectivity index (χ1n) is 10.7. The molecule has 28 heavy (non-hydrogen) atoms. The van der Waals surface area contributed by atoms with Crippen molar-refractivity contribution in [3.63, 3.8) is 0 Å². The van der Waals surface area contributed by atoms with E-state index >= 15 is 0 Å². The Morgan fingerprint density at radius 1 is 1.00 bits per heavy atom. The van der Waals surface area contributed by atoms with E-state index in [1.807, 2.05) is 26.8 Å². The summed E-state index contributed by atoms with van der Waals surface area (Å²) in [6.07, 6.45) is 8.64. The summed E-state index contributed by atoms with van der Waals surface area (Å²) in [6, 6.07) is 4.25. The molecule has 0 aromatic heterocycles.